The number of nitrogens with one attached hydrogen (secondary N) is 2. The Morgan fingerprint density at radius 1 is 1.45 bits per heavy atom. The van der Waals surface area contributed by atoms with Crippen LogP contribution in [0, 0.1) is 0 Å². The second-order valence-electron chi connectivity index (χ2n) is 5.11. The summed E-state index contributed by atoms with van der Waals surface area (Å²) in [5.41, 5.74) is 2.62. The van der Waals surface area contributed by atoms with Gasteiger partial charge in [0.1, 0.15) is 0 Å². The van der Waals surface area contributed by atoms with Crippen molar-refractivity contribution in [1.82, 2.24) is 15.1 Å². The summed E-state index contributed by atoms with van der Waals surface area (Å²) in [6.45, 7) is 6.34. The van der Waals surface area contributed by atoms with Crippen LogP contribution in [0.15, 0.2) is 43.2 Å². The summed E-state index contributed by atoms with van der Waals surface area (Å²) in [7, 11) is -3.27. The van der Waals surface area contributed by atoms with Crippen LogP contribution in [0.25, 0.3) is 6.20 Å². The Morgan fingerprint density at radius 2 is 2.23 bits per heavy atom. The first-order chi connectivity index (χ1) is 10.4. The summed E-state index contributed by atoms with van der Waals surface area (Å²) in [6.07, 6.45) is 6.45. The van der Waals surface area contributed by atoms with E-state index in [4.69, 9.17) is 0 Å². The molecule has 0 saturated heterocycles. The van der Waals surface area contributed by atoms with Crippen molar-refractivity contribution in [2.75, 3.05) is 11.0 Å². The highest BCUT2D eigenvalue weighted by molar-refractivity contribution is 7.92. The van der Waals surface area contributed by atoms with Crippen LogP contribution in [0.2, 0.25) is 0 Å². The Labute approximate surface area is 130 Å². The standard InChI is InChI=1S/C15H20N4O2S/c1-4-19-11-13(10-17-19)9-16-12(2)14-6-5-7-15(8-14)18-22(3,20)21/h4-8,10-12,16,18H,1,9H2,2-3H3/t12-/m0/s1. The van der Waals surface area contributed by atoms with Gasteiger partial charge in [0.15, 0.2) is 0 Å². The molecule has 2 rings (SSSR count). The number of aromatic nitrogens is 2. The van der Waals surface area contributed by atoms with Gasteiger partial charge in [-0.3, -0.25) is 4.72 Å². The molecule has 1 heterocycles. The van der Waals surface area contributed by atoms with Gasteiger partial charge in [0.25, 0.3) is 0 Å². The van der Waals surface area contributed by atoms with Gasteiger partial charge in [-0.1, -0.05) is 18.7 Å². The molecule has 0 aliphatic carbocycles. The highest BCUT2D eigenvalue weighted by atomic mass is 32.2. The van der Waals surface area contributed by atoms with Crippen LogP contribution in [0.3, 0.4) is 0 Å². The molecular weight excluding hydrogens is 300 g/mol. The van der Waals surface area contributed by atoms with Gasteiger partial charge in [-0.05, 0) is 24.6 Å². The molecule has 0 radical (unpaired) electrons. The molecule has 1 aromatic carbocycles. The fourth-order valence-corrected chi connectivity index (χ4v) is 2.60. The summed E-state index contributed by atoms with van der Waals surface area (Å²) in [5, 5.41) is 7.50. The quantitative estimate of drug-likeness (QED) is 0.820. The van der Waals surface area contributed by atoms with E-state index in [0.717, 1.165) is 17.4 Å². The molecule has 0 aliphatic heterocycles. The second kappa shape index (κ2) is 6.76. The Bertz CT molecular complexity index is 752. The molecule has 0 amide bonds. The highest BCUT2D eigenvalue weighted by Crippen LogP contribution is 2.18. The molecule has 0 aliphatic rings. The average Bonchev–Trinajstić information content (AvgIpc) is 2.91. The maximum absolute atomic E-state index is 11.3. The third-order valence-electron chi connectivity index (χ3n) is 3.14. The topological polar surface area (TPSA) is 76.0 Å². The van der Waals surface area contributed by atoms with Gasteiger partial charge < -0.3 is 5.32 Å². The number of rotatable bonds is 7. The molecule has 0 unspecified atom stereocenters. The Balaban J connectivity index is 2.01. The van der Waals surface area contributed by atoms with Crippen LogP contribution in [0.1, 0.15) is 24.1 Å². The van der Waals surface area contributed by atoms with Crippen molar-refractivity contribution in [3.63, 3.8) is 0 Å². The van der Waals surface area contributed by atoms with E-state index >= 15 is 0 Å². The summed E-state index contributed by atoms with van der Waals surface area (Å²) in [6, 6.07) is 7.42. The molecular formula is C15H20N4O2S. The number of anilines is 1. The van der Waals surface area contributed by atoms with Gasteiger partial charge in [0.2, 0.25) is 10.0 Å². The zero-order chi connectivity index (χ0) is 16.2. The van der Waals surface area contributed by atoms with Crippen LogP contribution in [0.5, 0.6) is 0 Å². The van der Waals surface area contributed by atoms with Crippen molar-refractivity contribution in [1.29, 1.82) is 0 Å². The lowest BCUT2D eigenvalue weighted by Gasteiger charge is -2.15. The van der Waals surface area contributed by atoms with Crippen molar-refractivity contribution in [2.24, 2.45) is 0 Å². The highest BCUT2D eigenvalue weighted by Gasteiger charge is 2.08. The average molecular weight is 320 g/mol. The van der Waals surface area contributed by atoms with Gasteiger partial charge in [-0.25, -0.2) is 13.1 Å². The first-order valence-corrected chi connectivity index (χ1v) is 8.73. The molecule has 22 heavy (non-hydrogen) atoms. The fraction of sp³-hybridized carbons (Fsp3) is 0.267. The zero-order valence-corrected chi connectivity index (χ0v) is 13.5. The van der Waals surface area contributed by atoms with Crippen molar-refractivity contribution in [3.8, 4) is 0 Å². The molecule has 118 valence electrons. The maximum atomic E-state index is 11.3. The fourth-order valence-electron chi connectivity index (χ4n) is 2.04. The van der Waals surface area contributed by atoms with E-state index in [1.54, 1.807) is 23.1 Å². The monoisotopic (exact) mass is 320 g/mol. The Hall–Kier alpha value is -2.12. The largest absolute Gasteiger partial charge is 0.306 e. The number of sulfonamides is 1. The molecule has 0 spiro atoms. The van der Waals surface area contributed by atoms with Crippen molar-refractivity contribution >= 4 is 21.9 Å². The molecule has 7 heteroatoms. The molecule has 0 saturated carbocycles. The van der Waals surface area contributed by atoms with E-state index < -0.39 is 10.0 Å². The number of hydrogen-bond acceptors (Lipinski definition) is 4. The zero-order valence-electron chi connectivity index (χ0n) is 12.7. The van der Waals surface area contributed by atoms with Crippen molar-refractivity contribution in [2.45, 2.75) is 19.5 Å². The first-order valence-electron chi connectivity index (χ1n) is 6.84. The van der Waals surface area contributed by atoms with Crippen LogP contribution in [0.4, 0.5) is 5.69 Å². The lowest BCUT2D eigenvalue weighted by molar-refractivity contribution is 0.575. The molecule has 0 bridgehead atoms. The van der Waals surface area contributed by atoms with Crippen LogP contribution < -0.4 is 10.0 Å². The lowest BCUT2D eigenvalue weighted by Crippen LogP contribution is -2.18. The van der Waals surface area contributed by atoms with E-state index in [2.05, 4.69) is 21.7 Å². The van der Waals surface area contributed by atoms with Gasteiger partial charge in [-0.15, -0.1) is 0 Å². The van der Waals surface area contributed by atoms with Crippen molar-refractivity contribution in [3.05, 3.63) is 54.4 Å². The molecule has 1 atom stereocenters. The van der Waals surface area contributed by atoms with Gasteiger partial charge in [0.05, 0.1) is 12.5 Å². The van der Waals surface area contributed by atoms with Gasteiger partial charge >= 0.3 is 0 Å². The summed E-state index contributed by atoms with van der Waals surface area (Å²) in [5.74, 6) is 0. The predicted octanol–water partition coefficient (Wildman–Crippen LogP) is 2.21. The third-order valence-corrected chi connectivity index (χ3v) is 3.75. The minimum atomic E-state index is -3.27. The second-order valence-corrected chi connectivity index (χ2v) is 6.86. The van der Waals surface area contributed by atoms with Crippen LogP contribution >= 0.6 is 0 Å². The minimum Gasteiger partial charge on any atom is -0.306 e. The summed E-state index contributed by atoms with van der Waals surface area (Å²) < 4.78 is 26.7. The molecule has 2 aromatic rings. The van der Waals surface area contributed by atoms with E-state index in [-0.39, 0.29) is 6.04 Å². The third kappa shape index (κ3) is 4.71. The summed E-state index contributed by atoms with van der Waals surface area (Å²) >= 11 is 0. The smallest absolute Gasteiger partial charge is 0.229 e. The van der Waals surface area contributed by atoms with E-state index in [0.29, 0.717) is 12.2 Å². The van der Waals surface area contributed by atoms with E-state index in [9.17, 15) is 8.42 Å². The molecule has 1 aromatic heterocycles. The molecule has 6 nitrogen and oxygen atoms in total. The van der Waals surface area contributed by atoms with Crippen LogP contribution in [-0.2, 0) is 16.6 Å². The van der Waals surface area contributed by atoms with Gasteiger partial charge in [0, 0.05) is 36.2 Å². The number of hydrogen-bond donors (Lipinski definition) is 2. The first kappa shape index (κ1) is 16.3. The summed E-state index contributed by atoms with van der Waals surface area (Å²) in [4.78, 5) is 0. The molecule has 2 N–H and O–H groups in total. The van der Waals surface area contributed by atoms with Gasteiger partial charge in [-0.2, -0.15) is 5.10 Å². The number of nitrogens with zero attached hydrogens (tertiary/aromatic N) is 2. The maximum Gasteiger partial charge on any atom is 0.229 e. The normalized spacial score (nSPS) is 12.8. The Morgan fingerprint density at radius 3 is 2.86 bits per heavy atom. The lowest BCUT2D eigenvalue weighted by atomic mass is 10.1. The van der Waals surface area contributed by atoms with E-state index in [1.807, 2.05) is 31.3 Å². The van der Waals surface area contributed by atoms with Crippen LogP contribution in [-0.4, -0.2) is 24.5 Å². The minimum absolute atomic E-state index is 0.0772. The SMILES string of the molecule is C=Cn1cc(CN[C@@H](C)c2cccc(NS(C)(=O)=O)c2)cn1. The predicted molar refractivity (Wildman–Crippen MR) is 88.8 cm³/mol. The number of benzene rings is 1. The molecule has 0 fully saturated rings. The van der Waals surface area contributed by atoms with Crippen molar-refractivity contribution < 1.29 is 8.42 Å². The Kier molecular flexibility index (Phi) is 4.99. The van der Waals surface area contributed by atoms with E-state index in [1.165, 1.54) is 0 Å².